The molecule has 0 aliphatic carbocycles. The minimum Gasteiger partial charge on any atom is -0.508 e. The maximum absolute atomic E-state index is 14.0. The van der Waals surface area contributed by atoms with Crippen molar-refractivity contribution < 1.29 is 82.5 Å². The molecule has 0 saturated carbocycles. The van der Waals surface area contributed by atoms with Crippen molar-refractivity contribution in [2.45, 2.75) is 231 Å². The van der Waals surface area contributed by atoms with E-state index < -0.39 is 48.0 Å². The number of aliphatic hydroxyl groups is 1. The van der Waals surface area contributed by atoms with E-state index in [0.717, 1.165) is 56.9 Å². The number of phenols is 1. The van der Waals surface area contributed by atoms with Crippen molar-refractivity contribution in [3.63, 3.8) is 0 Å². The number of hydrogen-bond acceptors (Lipinski definition) is 18. The van der Waals surface area contributed by atoms with Crippen LogP contribution in [0.5, 0.6) is 5.75 Å². The molecule has 13 N–H and O–H groups in total. The molecule has 4 amide bonds. The van der Waals surface area contributed by atoms with Crippen molar-refractivity contribution >= 4 is 58.8 Å². The van der Waals surface area contributed by atoms with Gasteiger partial charge in [-0.25, -0.2) is 4.79 Å². The van der Waals surface area contributed by atoms with Gasteiger partial charge in [-0.1, -0.05) is 109 Å². The summed E-state index contributed by atoms with van der Waals surface area (Å²) in [4.78, 5) is 114. The molecule has 0 fully saturated rings. The quantitative estimate of drug-likeness (QED) is 0.0196. The fourth-order valence-electron chi connectivity index (χ4n) is 10.4. The number of amides is 4. The zero-order chi connectivity index (χ0) is 68.2. The number of ketones is 3. The number of nitrogens with zero attached hydrogens (tertiary/aromatic N) is 1. The summed E-state index contributed by atoms with van der Waals surface area (Å²) in [6, 6.07) is 3.76. The third kappa shape index (κ3) is 47.9. The Labute approximate surface area is 546 Å². The summed E-state index contributed by atoms with van der Waals surface area (Å²) >= 11 is 0. The van der Waals surface area contributed by atoms with Crippen LogP contribution in [0.1, 0.15) is 206 Å². The van der Waals surface area contributed by atoms with Crippen LogP contribution in [0.15, 0.2) is 24.3 Å². The molecular formula is C67H116N8O17. The highest BCUT2D eigenvalue weighted by Crippen LogP contribution is 2.21. The summed E-state index contributed by atoms with van der Waals surface area (Å²) < 4.78 is 21.8. The number of aromatic hydroxyl groups is 1. The summed E-state index contributed by atoms with van der Waals surface area (Å²) in [5, 5.41) is 57.5. The second kappa shape index (κ2) is 54.4. The Kier molecular flexibility index (Phi) is 49.7. The molecule has 0 radical (unpaired) electrons. The molecule has 0 heterocycles. The first-order valence-electron chi connectivity index (χ1n) is 33.7. The van der Waals surface area contributed by atoms with Gasteiger partial charge in [0.2, 0.25) is 23.6 Å². The van der Waals surface area contributed by atoms with Crippen LogP contribution in [0.4, 0.5) is 0 Å². The summed E-state index contributed by atoms with van der Waals surface area (Å²) in [5.41, 5.74) is 12.1. The Morgan fingerprint density at radius 1 is 0.565 bits per heavy atom. The number of hydrogen-bond donors (Lipinski definition) is 11. The van der Waals surface area contributed by atoms with Gasteiger partial charge in [0.15, 0.2) is 17.3 Å². The molecule has 1 rings (SSSR count). The van der Waals surface area contributed by atoms with Crippen molar-refractivity contribution in [3.8, 4) is 5.75 Å². The van der Waals surface area contributed by atoms with Crippen molar-refractivity contribution in [2.75, 3.05) is 86.1 Å². The van der Waals surface area contributed by atoms with Crippen LogP contribution >= 0.6 is 0 Å². The SMILES string of the molecule is CC(C)CC(O)CN[C@@H](CCCCNC(=O)COCCOCCCC(=O)COCCOCCNC(=O)CC[C@H](NC(=O)CCCCCCCCCCCCCCCCC(=O)O)C(=O)O)C(=O)CN(C)[C@@H](CCCCC(=N)N)C(=O)C[C@@H](Cc1ccc(O)cc1)C(N)=O. The van der Waals surface area contributed by atoms with Crippen LogP contribution in [0.2, 0.25) is 0 Å². The highest BCUT2D eigenvalue weighted by atomic mass is 16.5. The second-order valence-electron chi connectivity index (χ2n) is 24.6. The molecule has 25 nitrogen and oxygen atoms in total. The van der Waals surface area contributed by atoms with Crippen LogP contribution < -0.4 is 32.7 Å². The summed E-state index contributed by atoms with van der Waals surface area (Å²) in [7, 11) is 1.69. The lowest BCUT2D eigenvalue weighted by atomic mass is 9.89. The van der Waals surface area contributed by atoms with Gasteiger partial charge in [-0.15, -0.1) is 0 Å². The maximum Gasteiger partial charge on any atom is 0.326 e. The van der Waals surface area contributed by atoms with E-state index in [2.05, 4.69) is 21.3 Å². The van der Waals surface area contributed by atoms with Gasteiger partial charge in [0, 0.05) is 70.7 Å². The number of nitrogens with one attached hydrogen (secondary N) is 5. The van der Waals surface area contributed by atoms with E-state index >= 15 is 0 Å². The molecule has 0 spiro atoms. The molecule has 0 aromatic heterocycles. The van der Waals surface area contributed by atoms with Gasteiger partial charge in [0.1, 0.15) is 25.0 Å². The molecule has 25 heteroatoms. The third-order valence-corrected chi connectivity index (χ3v) is 15.6. The van der Waals surface area contributed by atoms with Crippen LogP contribution in [-0.4, -0.2) is 194 Å². The second-order valence-corrected chi connectivity index (χ2v) is 24.6. The number of carboxylic acids is 2. The molecule has 526 valence electrons. The molecule has 0 saturated heterocycles. The molecule has 0 bridgehead atoms. The average Bonchev–Trinajstić information content (AvgIpc) is 1.06. The standard InChI is InChI=1S/C67H116N8O17/c1-50(2)43-55(78)46-73-56(60(80)47-75(3)58(25-18-19-26-61(68)69)59(79)45-52(66(70)86)44-51-29-31-53(76)32-30-51)24-20-21-35-71-64(83)49-92-42-39-89-37-22-23-54(77)48-91-41-40-90-38-36-72-62(81)34-33-57(67(87)88)74-63(82)27-16-14-12-10-8-6-4-5-7-9-11-13-15-17-28-65(84)85/h29-32,50,52,55-58,73,76,78H,4-28,33-49H2,1-3H3,(H3,68,69)(H2,70,86)(H,71,83)(H,72,81)(H,74,82)(H,84,85)(H,87,88)/t52-,55?,56+,57+,58+/m1/s1. The Bertz CT molecular complexity index is 2240. The van der Waals surface area contributed by atoms with Gasteiger partial charge < -0.3 is 72.1 Å². The number of likely N-dealkylation sites (N-methyl/N-ethyl adjacent to an activating group) is 1. The number of Topliss-reactive ketones (excluding diaryl/α,β-unsaturated/α-hetero) is 3. The number of carbonyl (C=O) groups excluding carboxylic acids is 7. The highest BCUT2D eigenvalue weighted by Gasteiger charge is 2.31. The molecule has 5 atom stereocenters. The van der Waals surface area contributed by atoms with Gasteiger partial charge in [0.25, 0.3) is 0 Å². The molecule has 1 aromatic rings. The molecule has 0 aliphatic heterocycles. The minimum absolute atomic E-state index is 0.0316. The van der Waals surface area contributed by atoms with E-state index in [1.165, 1.54) is 44.2 Å². The first kappa shape index (κ1) is 84.1. The number of benzene rings is 1. The molecule has 1 aromatic carbocycles. The third-order valence-electron chi connectivity index (χ3n) is 15.6. The zero-order valence-electron chi connectivity index (χ0n) is 55.7. The Hall–Kier alpha value is -5.96. The Morgan fingerprint density at radius 2 is 1.12 bits per heavy atom. The van der Waals surface area contributed by atoms with Gasteiger partial charge >= 0.3 is 11.9 Å². The van der Waals surface area contributed by atoms with Crippen LogP contribution in [0, 0.1) is 17.2 Å². The van der Waals surface area contributed by atoms with Gasteiger partial charge in [-0.2, -0.15) is 0 Å². The van der Waals surface area contributed by atoms with Crippen molar-refractivity contribution in [3.05, 3.63) is 29.8 Å². The lowest BCUT2D eigenvalue weighted by molar-refractivity contribution is -0.142. The van der Waals surface area contributed by atoms with E-state index in [9.17, 15) is 58.5 Å². The topological polar surface area (TPSA) is 399 Å². The van der Waals surface area contributed by atoms with E-state index in [4.69, 9.17) is 40.9 Å². The largest absolute Gasteiger partial charge is 0.508 e. The van der Waals surface area contributed by atoms with E-state index in [1.54, 1.807) is 24.1 Å². The van der Waals surface area contributed by atoms with Gasteiger partial charge in [-0.3, -0.25) is 48.7 Å². The van der Waals surface area contributed by atoms with Crippen molar-refractivity contribution in [1.82, 2.24) is 26.2 Å². The summed E-state index contributed by atoms with van der Waals surface area (Å²) in [5.74, 6) is -4.63. The Morgan fingerprint density at radius 3 is 1.71 bits per heavy atom. The first-order chi connectivity index (χ1) is 44.1. The molecular weight excluding hydrogens is 1190 g/mol. The highest BCUT2D eigenvalue weighted by molar-refractivity contribution is 5.91. The number of rotatable bonds is 64. The monoisotopic (exact) mass is 1300 g/mol. The molecule has 92 heavy (non-hydrogen) atoms. The number of ether oxygens (including phenoxy) is 4. The predicted molar refractivity (Wildman–Crippen MR) is 351 cm³/mol. The van der Waals surface area contributed by atoms with Gasteiger partial charge in [-0.05, 0) is 101 Å². The fraction of sp³-hybridized carbons (Fsp3) is 0.761. The fourth-order valence-corrected chi connectivity index (χ4v) is 10.4. The predicted octanol–water partition coefficient (Wildman–Crippen LogP) is 6.22. The number of carboxylic acid groups (broad SMARTS) is 2. The number of amidine groups is 1. The van der Waals surface area contributed by atoms with Crippen LogP contribution in [-0.2, 0) is 68.5 Å². The number of phenolic OH excluding ortho intramolecular Hbond substituents is 1. The zero-order valence-corrected chi connectivity index (χ0v) is 55.7. The van der Waals surface area contributed by atoms with Crippen molar-refractivity contribution in [1.29, 1.82) is 5.41 Å². The first-order valence-corrected chi connectivity index (χ1v) is 33.7. The van der Waals surface area contributed by atoms with Crippen molar-refractivity contribution in [2.24, 2.45) is 23.3 Å². The molecule has 1 unspecified atom stereocenters. The van der Waals surface area contributed by atoms with E-state index in [1.807, 2.05) is 13.8 Å². The van der Waals surface area contributed by atoms with Crippen LogP contribution in [0.3, 0.4) is 0 Å². The number of carbonyl (C=O) groups is 9. The lowest BCUT2D eigenvalue weighted by Crippen LogP contribution is -2.48. The minimum atomic E-state index is -1.20. The number of nitrogens with two attached hydrogens (primary N) is 2. The molecule has 0 aliphatic rings. The van der Waals surface area contributed by atoms with E-state index in [0.29, 0.717) is 77.4 Å². The van der Waals surface area contributed by atoms with Gasteiger partial charge in [0.05, 0.1) is 63.6 Å². The number of aliphatic hydroxyl groups excluding tert-OH is 1. The number of aliphatic carboxylic acids is 2. The maximum atomic E-state index is 14.0. The average molecular weight is 1310 g/mol. The smallest absolute Gasteiger partial charge is 0.326 e. The number of unbranched alkanes of at least 4 members (excludes halogenated alkanes) is 15. The summed E-state index contributed by atoms with van der Waals surface area (Å²) in [6.07, 6.45) is 19.2. The Balaban J connectivity index is 2.26. The van der Waals surface area contributed by atoms with E-state index in [-0.39, 0.29) is 163 Å². The van der Waals surface area contributed by atoms with Crippen LogP contribution in [0.25, 0.3) is 0 Å². The number of primary amides is 1. The lowest BCUT2D eigenvalue weighted by Gasteiger charge is -2.29. The normalized spacial score (nSPS) is 13.1. The summed E-state index contributed by atoms with van der Waals surface area (Å²) in [6.45, 7) is 5.55.